The van der Waals surface area contributed by atoms with E-state index in [0.717, 1.165) is 5.39 Å². The summed E-state index contributed by atoms with van der Waals surface area (Å²) in [5.41, 5.74) is 0.656. The molecule has 0 bridgehead atoms. The van der Waals surface area contributed by atoms with Gasteiger partial charge in [0.15, 0.2) is 11.9 Å². The molecule has 0 aromatic carbocycles. The molecule has 1 N–H and O–H groups in total. The van der Waals surface area contributed by atoms with Gasteiger partial charge < -0.3 is 9.47 Å². The van der Waals surface area contributed by atoms with E-state index in [4.69, 9.17) is 9.47 Å². The molecule has 2 heterocycles. The topological polar surface area (TPSA) is 72.9 Å². The van der Waals surface area contributed by atoms with Gasteiger partial charge in [-0.2, -0.15) is 5.10 Å². The Balaban J connectivity index is 2.23. The third-order valence-electron chi connectivity index (χ3n) is 1.89. The van der Waals surface area contributed by atoms with Crippen molar-refractivity contribution >= 4 is 11.0 Å². The van der Waals surface area contributed by atoms with E-state index in [0.29, 0.717) is 18.1 Å². The van der Waals surface area contributed by atoms with Gasteiger partial charge in [0.05, 0.1) is 6.20 Å². The second-order valence-electron chi connectivity index (χ2n) is 2.95. The van der Waals surface area contributed by atoms with Crippen LogP contribution in [-0.2, 0) is 4.74 Å². The summed E-state index contributed by atoms with van der Waals surface area (Å²) in [7, 11) is 0. The zero-order chi connectivity index (χ0) is 10.7. The predicted molar refractivity (Wildman–Crippen MR) is 53.4 cm³/mol. The monoisotopic (exact) mass is 208 g/mol. The molecule has 6 nitrogen and oxygen atoms in total. The summed E-state index contributed by atoms with van der Waals surface area (Å²) in [5.74, 6) is 0.481. The average molecular weight is 208 g/mol. The number of H-pyrrole nitrogens is 1. The van der Waals surface area contributed by atoms with Crippen molar-refractivity contribution in [3.63, 3.8) is 0 Å². The number of aromatic nitrogens is 4. The van der Waals surface area contributed by atoms with Crippen molar-refractivity contribution in [3.05, 3.63) is 12.5 Å². The van der Waals surface area contributed by atoms with Crippen molar-refractivity contribution in [2.24, 2.45) is 0 Å². The van der Waals surface area contributed by atoms with Crippen LogP contribution in [0.15, 0.2) is 12.5 Å². The second-order valence-corrected chi connectivity index (χ2v) is 2.95. The lowest BCUT2D eigenvalue weighted by Gasteiger charge is -2.13. The molecule has 0 fully saturated rings. The highest BCUT2D eigenvalue weighted by atomic mass is 16.7. The van der Waals surface area contributed by atoms with Crippen molar-refractivity contribution in [1.82, 2.24) is 20.2 Å². The van der Waals surface area contributed by atoms with Gasteiger partial charge in [-0.25, -0.2) is 9.97 Å². The SMILES string of the molecule is CCOC(C)Oc1ncnc2[nH]ncc12. The molecule has 0 aliphatic carbocycles. The van der Waals surface area contributed by atoms with Crippen LogP contribution in [0.4, 0.5) is 0 Å². The highest BCUT2D eigenvalue weighted by Crippen LogP contribution is 2.19. The molecular weight excluding hydrogens is 196 g/mol. The highest BCUT2D eigenvalue weighted by molar-refractivity contribution is 5.78. The highest BCUT2D eigenvalue weighted by Gasteiger charge is 2.09. The van der Waals surface area contributed by atoms with E-state index >= 15 is 0 Å². The fourth-order valence-electron chi connectivity index (χ4n) is 1.26. The minimum absolute atomic E-state index is 0.331. The minimum Gasteiger partial charge on any atom is -0.447 e. The van der Waals surface area contributed by atoms with Gasteiger partial charge in [-0.15, -0.1) is 0 Å². The molecule has 0 aliphatic rings. The van der Waals surface area contributed by atoms with Crippen LogP contribution in [0, 0.1) is 0 Å². The Morgan fingerprint density at radius 2 is 2.33 bits per heavy atom. The number of nitrogens with zero attached hydrogens (tertiary/aromatic N) is 3. The number of hydrogen-bond donors (Lipinski definition) is 1. The van der Waals surface area contributed by atoms with Crippen LogP contribution < -0.4 is 4.74 Å². The third-order valence-corrected chi connectivity index (χ3v) is 1.89. The molecule has 2 aromatic rings. The summed E-state index contributed by atoms with van der Waals surface area (Å²) in [6, 6.07) is 0. The number of aromatic amines is 1. The lowest BCUT2D eigenvalue weighted by molar-refractivity contribution is -0.0628. The van der Waals surface area contributed by atoms with E-state index in [1.165, 1.54) is 6.33 Å². The maximum Gasteiger partial charge on any atom is 0.230 e. The first kappa shape index (κ1) is 9.85. The summed E-state index contributed by atoms with van der Waals surface area (Å²) in [6.07, 6.45) is 2.72. The molecule has 1 unspecified atom stereocenters. The number of nitrogens with one attached hydrogen (secondary N) is 1. The molecule has 0 aliphatic heterocycles. The molecule has 0 spiro atoms. The van der Waals surface area contributed by atoms with Gasteiger partial charge in [0.1, 0.15) is 11.7 Å². The Morgan fingerprint density at radius 3 is 3.13 bits per heavy atom. The summed E-state index contributed by atoms with van der Waals surface area (Å²) < 4.78 is 10.8. The predicted octanol–water partition coefficient (Wildman–Crippen LogP) is 1.11. The summed E-state index contributed by atoms with van der Waals surface area (Å²) in [6.45, 7) is 4.32. The van der Waals surface area contributed by atoms with Crippen LogP contribution in [0.3, 0.4) is 0 Å². The van der Waals surface area contributed by atoms with Crippen molar-refractivity contribution in [2.45, 2.75) is 20.1 Å². The van der Waals surface area contributed by atoms with Gasteiger partial charge in [-0.05, 0) is 13.8 Å². The van der Waals surface area contributed by atoms with Gasteiger partial charge >= 0.3 is 0 Å². The molecule has 0 saturated carbocycles. The number of ether oxygens (including phenoxy) is 2. The fraction of sp³-hybridized carbons (Fsp3) is 0.444. The molecule has 0 amide bonds. The lowest BCUT2D eigenvalue weighted by atomic mass is 10.4. The lowest BCUT2D eigenvalue weighted by Crippen LogP contribution is -2.16. The minimum atomic E-state index is -0.331. The molecule has 6 heteroatoms. The van der Waals surface area contributed by atoms with E-state index in [2.05, 4.69) is 20.2 Å². The fourth-order valence-corrected chi connectivity index (χ4v) is 1.26. The van der Waals surface area contributed by atoms with Crippen LogP contribution in [0.2, 0.25) is 0 Å². The average Bonchev–Trinajstić information content (AvgIpc) is 2.67. The molecule has 15 heavy (non-hydrogen) atoms. The summed E-state index contributed by atoms with van der Waals surface area (Å²) in [5, 5.41) is 7.36. The second kappa shape index (κ2) is 4.22. The first-order valence-electron chi connectivity index (χ1n) is 4.73. The van der Waals surface area contributed by atoms with Gasteiger partial charge in [-0.3, -0.25) is 5.10 Å². The molecule has 2 aromatic heterocycles. The van der Waals surface area contributed by atoms with E-state index in [1.807, 2.05) is 13.8 Å². The Hall–Kier alpha value is -1.69. The summed E-state index contributed by atoms with van der Waals surface area (Å²) >= 11 is 0. The molecule has 1 atom stereocenters. The zero-order valence-electron chi connectivity index (χ0n) is 8.60. The maximum atomic E-state index is 5.49. The zero-order valence-corrected chi connectivity index (χ0v) is 8.60. The number of rotatable bonds is 4. The smallest absolute Gasteiger partial charge is 0.230 e. The van der Waals surface area contributed by atoms with Crippen molar-refractivity contribution in [2.75, 3.05) is 6.61 Å². The van der Waals surface area contributed by atoms with E-state index < -0.39 is 0 Å². The quantitative estimate of drug-likeness (QED) is 0.762. The Bertz CT molecular complexity index is 442. The van der Waals surface area contributed by atoms with Gasteiger partial charge in [0, 0.05) is 6.61 Å². The van der Waals surface area contributed by atoms with Crippen molar-refractivity contribution < 1.29 is 9.47 Å². The largest absolute Gasteiger partial charge is 0.447 e. The number of fused-ring (bicyclic) bond motifs is 1. The van der Waals surface area contributed by atoms with E-state index in [1.54, 1.807) is 6.20 Å². The van der Waals surface area contributed by atoms with Gasteiger partial charge in [0.25, 0.3) is 0 Å². The Kier molecular flexibility index (Phi) is 2.77. The van der Waals surface area contributed by atoms with Crippen molar-refractivity contribution in [1.29, 1.82) is 0 Å². The van der Waals surface area contributed by atoms with Crippen LogP contribution in [-0.4, -0.2) is 33.1 Å². The number of hydrogen-bond acceptors (Lipinski definition) is 5. The standard InChI is InChI=1S/C9H12N4O2/c1-3-14-6(2)15-9-7-4-12-13-8(7)10-5-11-9/h4-6H,3H2,1-2H3,(H,10,11,12,13). The van der Waals surface area contributed by atoms with Crippen LogP contribution in [0.5, 0.6) is 5.88 Å². The van der Waals surface area contributed by atoms with Crippen LogP contribution >= 0.6 is 0 Å². The Morgan fingerprint density at radius 1 is 1.47 bits per heavy atom. The first-order valence-corrected chi connectivity index (χ1v) is 4.73. The summed E-state index contributed by atoms with van der Waals surface area (Å²) in [4.78, 5) is 8.03. The van der Waals surface area contributed by atoms with E-state index in [-0.39, 0.29) is 6.29 Å². The maximum absolute atomic E-state index is 5.49. The first-order chi connectivity index (χ1) is 7.31. The molecular formula is C9H12N4O2. The molecule has 2 rings (SSSR count). The van der Waals surface area contributed by atoms with E-state index in [9.17, 15) is 0 Å². The van der Waals surface area contributed by atoms with Crippen LogP contribution in [0.25, 0.3) is 11.0 Å². The third kappa shape index (κ3) is 2.04. The Labute approximate surface area is 86.6 Å². The van der Waals surface area contributed by atoms with Crippen LogP contribution in [0.1, 0.15) is 13.8 Å². The van der Waals surface area contributed by atoms with Gasteiger partial charge in [0.2, 0.25) is 5.88 Å². The van der Waals surface area contributed by atoms with Crippen molar-refractivity contribution in [3.8, 4) is 5.88 Å². The van der Waals surface area contributed by atoms with Gasteiger partial charge in [-0.1, -0.05) is 0 Å². The molecule has 80 valence electrons. The molecule has 0 saturated heterocycles. The molecule has 0 radical (unpaired) electrons. The normalized spacial score (nSPS) is 12.9.